The number of rotatable bonds is 6. The van der Waals surface area contributed by atoms with Crippen molar-refractivity contribution in [1.29, 1.82) is 0 Å². The highest BCUT2D eigenvalue weighted by Gasteiger charge is 2.34. The van der Waals surface area contributed by atoms with Crippen LogP contribution in [-0.4, -0.2) is 6.21 Å². The van der Waals surface area contributed by atoms with Crippen molar-refractivity contribution in [3.05, 3.63) is 72.6 Å². The normalized spacial score (nSPS) is 14.8. The van der Waals surface area contributed by atoms with Crippen LogP contribution in [0.15, 0.2) is 77.6 Å². The van der Waals surface area contributed by atoms with E-state index in [1.165, 1.54) is 0 Å². The van der Waals surface area contributed by atoms with Crippen LogP contribution in [0.2, 0.25) is 0 Å². The number of phosphoric ester groups is 1. The van der Waals surface area contributed by atoms with E-state index in [0.29, 0.717) is 11.5 Å². The highest BCUT2D eigenvalue weighted by molar-refractivity contribution is 7.49. The fourth-order valence-electron chi connectivity index (χ4n) is 2.26. The molecule has 0 spiro atoms. The monoisotopic (exact) mass is 357 g/mol. The van der Waals surface area contributed by atoms with E-state index in [-0.39, 0.29) is 5.88 Å². The Hall–Kier alpha value is -2.52. The zero-order valence-corrected chi connectivity index (χ0v) is 14.7. The SMILES string of the molecule is O=P(OC1=CCCCCC=N1)(Oc1ccccc1)Oc1ccccc1. The molecule has 25 heavy (non-hydrogen) atoms. The molecule has 0 bridgehead atoms. The summed E-state index contributed by atoms with van der Waals surface area (Å²) in [5.74, 6) is 1.06. The third-order valence-corrected chi connectivity index (χ3v) is 4.73. The molecule has 130 valence electrons. The summed E-state index contributed by atoms with van der Waals surface area (Å²) in [5, 5.41) is 0. The Morgan fingerprint density at radius 3 is 1.92 bits per heavy atom. The molecule has 3 rings (SSSR count). The van der Waals surface area contributed by atoms with Gasteiger partial charge in [-0.25, -0.2) is 4.99 Å². The van der Waals surface area contributed by atoms with E-state index in [1.807, 2.05) is 18.2 Å². The van der Waals surface area contributed by atoms with Gasteiger partial charge in [-0.3, -0.25) is 0 Å². The predicted octanol–water partition coefficient (Wildman–Crippen LogP) is 5.76. The van der Waals surface area contributed by atoms with Gasteiger partial charge in [0.25, 0.3) is 0 Å². The van der Waals surface area contributed by atoms with Crippen molar-refractivity contribution in [3.8, 4) is 11.5 Å². The smallest absolute Gasteiger partial charge is 0.386 e. The molecular formula is C19H20NO4P. The fraction of sp³-hybridized carbons (Fsp3) is 0.211. The molecular weight excluding hydrogens is 337 g/mol. The van der Waals surface area contributed by atoms with Crippen LogP contribution in [0.5, 0.6) is 11.5 Å². The first kappa shape index (κ1) is 17.3. The van der Waals surface area contributed by atoms with Gasteiger partial charge in [-0.15, -0.1) is 0 Å². The molecule has 0 saturated heterocycles. The molecule has 0 radical (unpaired) electrons. The topological polar surface area (TPSA) is 57.1 Å². The number of benzene rings is 2. The van der Waals surface area contributed by atoms with Crippen molar-refractivity contribution < 1.29 is 18.1 Å². The van der Waals surface area contributed by atoms with Crippen LogP contribution in [-0.2, 0) is 9.09 Å². The average Bonchev–Trinajstić information content (AvgIpc) is 2.59. The molecule has 1 aliphatic rings. The molecule has 0 amide bonds. The van der Waals surface area contributed by atoms with Gasteiger partial charge in [0.1, 0.15) is 11.5 Å². The Morgan fingerprint density at radius 1 is 0.760 bits per heavy atom. The Morgan fingerprint density at radius 2 is 1.32 bits per heavy atom. The highest BCUT2D eigenvalue weighted by atomic mass is 31.2. The number of allylic oxidation sites excluding steroid dienone is 1. The molecule has 0 aromatic heterocycles. The Balaban J connectivity index is 1.84. The van der Waals surface area contributed by atoms with Gasteiger partial charge >= 0.3 is 7.82 Å². The maximum Gasteiger partial charge on any atom is 0.648 e. The lowest BCUT2D eigenvalue weighted by Gasteiger charge is -2.19. The van der Waals surface area contributed by atoms with Crippen molar-refractivity contribution in [1.82, 2.24) is 0 Å². The second-order valence-corrected chi connectivity index (χ2v) is 6.93. The molecule has 5 nitrogen and oxygen atoms in total. The average molecular weight is 357 g/mol. The molecule has 0 saturated carbocycles. The van der Waals surface area contributed by atoms with Crippen LogP contribution in [0, 0.1) is 0 Å². The lowest BCUT2D eigenvalue weighted by Crippen LogP contribution is -2.05. The number of phosphoric acid groups is 1. The first-order valence-electron chi connectivity index (χ1n) is 8.25. The summed E-state index contributed by atoms with van der Waals surface area (Å²) in [6, 6.07) is 17.6. The molecule has 0 atom stereocenters. The molecule has 1 aliphatic heterocycles. The Bertz CT molecular complexity index is 729. The molecule has 1 heterocycles. The lowest BCUT2D eigenvalue weighted by atomic mass is 10.2. The molecule has 0 fully saturated rings. The molecule has 0 N–H and O–H groups in total. The van der Waals surface area contributed by atoms with Crippen molar-refractivity contribution in [2.45, 2.75) is 25.7 Å². The highest BCUT2D eigenvalue weighted by Crippen LogP contribution is 2.51. The summed E-state index contributed by atoms with van der Waals surface area (Å²) >= 11 is 0. The molecule has 2 aromatic rings. The summed E-state index contributed by atoms with van der Waals surface area (Å²) in [5.41, 5.74) is 0. The fourth-order valence-corrected chi connectivity index (χ4v) is 3.49. The van der Waals surface area contributed by atoms with E-state index in [1.54, 1.807) is 54.7 Å². The zero-order chi connectivity index (χ0) is 17.4. The summed E-state index contributed by atoms with van der Waals surface area (Å²) in [7, 11) is -3.95. The van der Waals surface area contributed by atoms with Gasteiger partial charge in [0.15, 0.2) is 0 Å². The van der Waals surface area contributed by atoms with E-state index in [9.17, 15) is 4.57 Å². The summed E-state index contributed by atoms with van der Waals surface area (Å²) < 4.78 is 30.0. The van der Waals surface area contributed by atoms with Crippen LogP contribution < -0.4 is 9.05 Å². The van der Waals surface area contributed by atoms with Crippen LogP contribution >= 0.6 is 7.82 Å². The van der Waals surface area contributed by atoms with Gasteiger partial charge in [-0.1, -0.05) is 36.4 Å². The first-order chi connectivity index (χ1) is 12.2. The minimum absolute atomic E-state index is 0.259. The van der Waals surface area contributed by atoms with E-state index in [4.69, 9.17) is 13.6 Å². The minimum atomic E-state index is -3.95. The van der Waals surface area contributed by atoms with Crippen molar-refractivity contribution in [2.75, 3.05) is 0 Å². The largest absolute Gasteiger partial charge is 0.648 e. The number of nitrogens with zero attached hydrogens (tertiary/aromatic N) is 1. The maximum absolute atomic E-state index is 13.2. The molecule has 0 unspecified atom stereocenters. The van der Waals surface area contributed by atoms with Crippen LogP contribution in [0.4, 0.5) is 0 Å². The third-order valence-electron chi connectivity index (χ3n) is 3.45. The van der Waals surface area contributed by atoms with E-state index in [0.717, 1.165) is 25.7 Å². The molecule has 0 aliphatic carbocycles. The quantitative estimate of drug-likeness (QED) is 0.617. The first-order valence-corrected chi connectivity index (χ1v) is 9.71. The maximum atomic E-state index is 13.2. The van der Waals surface area contributed by atoms with Gasteiger partial charge in [0.2, 0.25) is 5.88 Å². The van der Waals surface area contributed by atoms with Crippen molar-refractivity contribution >= 4 is 14.0 Å². The molecule has 6 heteroatoms. The Kier molecular flexibility index (Phi) is 5.91. The van der Waals surface area contributed by atoms with E-state index in [2.05, 4.69) is 4.99 Å². The summed E-state index contributed by atoms with van der Waals surface area (Å²) in [4.78, 5) is 4.23. The molecule has 2 aromatic carbocycles. The lowest BCUT2D eigenvalue weighted by molar-refractivity contribution is 0.254. The van der Waals surface area contributed by atoms with E-state index < -0.39 is 7.82 Å². The number of hydrogen-bond donors (Lipinski definition) is 0. The van der Waals surface area contributed by atoms with Crippen molar-refractivity contribution in [2.24, 2.45) is 4.99 Å². The van der Waals surface area contributed by atoms with Crippen LogP contribution in [0.25, 0.3) is 0 Å². The second-order valence-electron chi connectivity index (χ2n) is 5.49. The number of para-hydroxylation sites is 2. The van der Waals surface area contributed by atoms with Gasteiger partial charge in [0.05, 0.1) is 0 Å². The van der Waals surface area contributed by atoms with Gasteiger partial charge < -0.3 is 13.6 Å². The summed E-state index contributed by atoms with van der Waals surface area (Å²) in [6.45, 7) is 0. The number of aliphatic imine (C=N–C) groups is 1. The third kappa shape index (κ3) is 5.50. The van der Waals surface area contributed by atoms with Crippen molar-refractivity contribution in [3.63, 3.8) is 0 Å². The minimum Gasteiger partial charge on any atom is -0.386 e. The van der Waals surface area contributed by atoms with Gasteiger partial charge in [-0.2, -0.15) is 4.57 Å². The predicted molar refractivity (Wildman–Crippen MR) is 97.9 cm³/mol. The zero-order valence-electron chi connectivity index (χ0n) is 13.8. The Labute approximate surface area is 147 Å². The van der Waals surface area contributed by atoms with Crippen LogP contribution in [0.3, 0.4) is 0 Å². The van der Waals surface area contributed by atoms with Gasteiger partial charge in [-0.05, 0) is 56.0 Å². The van der Waals surface area contributed by atoms with Crippen LogP contribution in [0.1, 0.15) is 25.7 Å². The summed E-state index contributed by atoms with van der Waals surface area (Å²) in [6.07, 6.45) is 7.35. The van der Waals surface area contributed by atoms with Gasteiger partial charge in [0, 0.05) is 6.21 Å². The number of hydrogen-bond acceptors (Lipinski definition) is 5. The second kappa shape index (κ2) is 8.54. The van der Waals surface area contributed by atoms with E-state index >= 15 is 0 Å². The standard InChI is InChI=1S/C19H20NO4P/c21-25(22-17-11-5-3-6-12-17,23-18-13-7-4-8-14-18)24-19-15-9-1-2-10-16-20-19/h3-8,11-16H,1-2,9-10H2.